The Hall–Kier alpha value is -6.12. The zero-order chi connectivity index (χ0) is 36.8. The fourth-order valence-corrected chi connectivity index (χ4v) is 4.61. The molecule has 0 unspecified atom stereocenters. The predicted octanol–water partition coefficient (Wildman–Crippen LogP) is 5.85. The molecule has 51 heavy (non-hydrogen) atoms. The van der Waals surface area contributed by atoms with Gasteiger partial charge in [0.1, 0.15) is 0 Å². The van der Waals surface area contributed by atoms with Gasteiger partial charge in [0, 0.05) is 19.3 Å². The molecule has 0 amide bonds. The molecule has 0 radical (unpaired) electrons. The van der Waals surface area contributed by atoms with Crippen LogP contribution in [-0.4, -0.2) is 68.0 Å². The zero-order valence-electron chi connectivity index (χ0n) is 28.4. The lowest BCUT2D eigenvalue weighted by molar-refractivity contribution is -0.144. The lowest BCUT2D eigenvalue weighted by atomic mass is 10.1. The second-order valence-corrected chi connectivity index (χ2v) is 10.8. The highest BCUT2D eigenvalue weighted by molar-refractivity contribution is 5.70. The summed E-state index contributed by atoms with van der Waals surface area (Å²) in [5.74, 6) is -2.02. The summed E-state index contributed by atoms with van der Waals surface area (Å²) in [7, 11) is 0. The maximum atomic E-state index is 11.7. The fraction of sp³-hybridized carbons (Fsp3) is 0.333. The Labute approximate surface area is 293 Å². The number of hydrogen-bond donors (Lipinski definition) is 3. The van der Waals surface area contributed by atoms with Gasteiger partial charge in [0.25, 0.3) is 0 Å². The minimum absolute atomic E-state index is 0.0411. The molecule has 0 saturated heterocycles. The normalized spacial score (nSPS) is 10.6. The molecule has 15 heteroatoms. The molecule has 4 aromatic rings. The van der Waals surface area contributed by atoms with Crippen LogP contribution in [0.15, 0.2) is 54.6 Å². The molecule has 0 aliphatic carbocycles. The topological polar surface area (TPSA) is 206 Å². The summed E-state index contributed by atoms with van der Waals surface area (Å²) in [6.07, 6.45) is 1.35. The standard InChI is InChI=1S/C36H39N3O12/c1-4-46-31(43)16-10-22-7-13-28(25(40)19-22)49-34-37-35(50-29-14-8-23(20-26(29)41)11-17-32(44)47-5-2)39-36(38-34)51-30-15-9-24(21-27(30)42)12-18-33(45)48-6-3/h7-9,13-15,19-21,40-42H,4-6,10-12,16-18H2,1-3H3. The van der Waals surface area contributed by atoms with E-state index in [4.69, 9.17) is 28.4 Å². The van der Waals surface area contributed by atoms with Crippen molar-refractivity contribution in [2.45, 2.75) is 59.3 Å². The van der Waals surface area contributed by atoms with E-state index in [1.54, 1.807) is 39.0 Å². The number of aromatic nitrogens is 3. The molecule has 0 atom stereocenters. The minimum Gasteiger partial charge on any atom is -0.504 e. The summed E-state index contributed by atoms with van der Waals surface area (Å²) in [5.41, 5.74) is 1.96. The van der Waals surface area contributed by atoms with E-state index in [9.17, 15) is 29.7 Å². The number of benzene rings is 3. The van der Waals surface area contributed by atoms with Gasteiger partial charge in [0.2, 0.25) is 0 Å². The Balaban J connectivity index is 1.57. The quantitative estimate of drug-likeness (QED) is 0.0820. The van der Waals surface area contributed by atoms with Crippen LogP contribution < -0.4 is 14.2 Å². The van der Waals surface area contributed by atoms with Gasteiger partial charge in [-0.15, -0.1) is 15.0 Å². The van der Waals surface area contributed by atoms with Crippen molar-refractivity contribution in [2.75, 3.05) is 19.8 Å². The third kappa shape index (κ3) is 11.8. The van der Waals surface area contributed by atoms with Crippen LogP contribution in [0.5, 0.6) is 52.5 Å². The molecule has 0 aliphatic rings. The summed E-state index contributed by atoms with van der Waals surface area (Å²) in [6.45, 7) is 5.95. The molecule has 270 valence electrons. The van der Waals surface area contributed by atoms with Crippen molar-refractivity contribution in [1.82, 2.24) is 15.0 Å². The van der Waals surface area contributed by atoms with E-state index >= 15 is 0 Å². The van der Waals surface area contributed by atoms with Crippen molar-refractivity contribution in [3.8, 4) is 52.5 Å². The first kappa shape index (κ1) is 37.7. The second kappa shape index (κ2) is 18.6. The molecule has 3 aromatic carbocycles. The van der Waals surface area contributed by atoms with E-state index in [1.165, 1.54) is 36.4 Å². The number of aryl methyl sites for hydroxylation is 3. The smallest absolute Gasteiger partial charge is 0.331 e. The highest BCUT2D eigenvalue weighted by atomic mass is 16.5. The molecule has 0 spiro atoms. The molecule has 0 fully saturated rings. The SMILES string of the molecule is CCOC(=O)CCc1ccc(Oc2nc(Oc3ccc(CCC(=O)OCC)cc3O)nc(Oc3ccc(CCC(=O)OCC)cc3O)n2)c(O)c1. The van der Waals surface area contributed by atoms with Crippen LogP contribution in [-0.2, 0) is 47.9 Å². The maximum absolute atomic E-state index is 11.7. The lowest BCUT2D eigenvalue weighted by Gasteiger charge is -2.12. The number of phenols is 3. The van der Waals surface area contributed by atoms with Crippen LogP contribution in [0.2, 0.25) is 0 Å². The molecule has 0 saturated carbocycles. The van der Waals surface area contributed by atoms with Crippen LogP contribution in [0.1, 0.15) is 56.7 Å². The molecule has 0 aliphatic heterocycles. The number of ether oxygens (including phenoxy) is 6. The van der Waals surface area contributed by atoms with Gasteiger partial charge in [-0.25, -0.2) is 0 Å². The molecular weight excluding hydrogens is 666 g/mol. The van der Waals surface area contributed by atoms with E-state index in [2.05, 4.69) is 15.0 Å². The van der Waals surface area contributed by atoms with Crippen molar-refractivity contribution in [1.29, 1.82) is 0 Å². The Morgan fingerprint density at radius 1 is 0.490 bits per heavy atom. The van der Waals surface area contributed by atoms with Crippen molar-refractivity contribution >= 4 is 17.9 Å². The van der Waals surface area contributed by atoms with Crippen molar-refractivity contribution in [2.24, 2.45) is 0 Å². The van der Waals surface area contributed by atoms with Crippen LogP contribution in [0.25, 0.3) is 0 Å². The summed E-state index contributed by atoms with van der Waals surface area (Å²) in [5, 5.41) is 32.0. The zero-order valence-corrected chi connectivity index (χ0v) is 28.4. The Bertz CT molecular complexity index is 1610. The highest BCUT2D eigenvalue weighted by Gasteiger charge is 2.18. The first-order chi connectivity index (χ1) is 24.6. The first-order valence-corrected chi connectivity index (χ1v) is 16.3. The average Bonchev–Trinajstić information content (AvgIpc) is 3.09. The van der Waals surface area contributed by atoms with E-state index in [-0.39, 0.29) is 110 Å². The summed E-state index contributed by atoms with van der Waals surface area (Å²) in [6, 6.07) is 12.5. The van der Waals surface area contributed by atoms with Crippen molar-refractivity contribution in [3.63, 3.8) is 0 Å². The molecule has 3 N–H and O–H groups in total. The monoisotopic (exact) mass is 705 g/mol. The van der Waals surface area contributed by atoms with Gasteiger partial charge in [-0.2, -0.15) is 0 Å². The van der Waals surface area contributed by atoms with Crippen LogP contribution >= 0.6 is 0 Å². The van der Waals surface area contributed by atoms with Crippen molar-refractivity contribution in [3.05, 3.63) is 71.3 Å². The molecule has 4 rings (SSSR count). The molecule has 0 bridgehead atoms. The number of nitrogens with zero attached hydrogens (tertiary/aromatic N) is 3. The molecule has 1 aromatic heterocycles. The maximum Gasteiger partial charge on any atom is 0.331 e. The number of hydrogen-bond acceptors (Lipinski definition) is 15. The van der Waals surface area contributed by atoms with Crippen LogP contribution in [0.4, 0.5) is 0 Å². The first-order valence-electron chi connectivity index (χ1n) is 16.3. The molecule has 15 nitrogen and oxygen atoms in total. The van der Waals surface area contributed by atoms with Gasteiger partial charge in [-0.05, 0) is 93.1 Å². The van der Waals surface area contributed by atoms with E-state index in [0.29, 0.717) is 36.0 Å². The Morgan fingerprint density at radius 2 is 0.765 bits per heavy atom. The average molecular weight is 706 g/mol. The number of rotatable bonds is 18. The Morgan fingerprint density at radius 3 is 1.00 bits per heavy atom. The number of carbonyl (C=O) groups excluding carboxylic acids is 3. The Kier molecular flexibility index (Phi) is 13.7. The van der Waals surface area contributed by atoms with E-state index < -0.39 is 0 Å². The summed E-state index contributed by atoms with van der Waals surface area (Å²) >= 11 is 0. The third-order valence-corrected chi connectivity index (χ3v) is 7.02. The summed E-state index contributed by atoms with van der Waals surface area (Å²) in [4.78, 5) is 47.7. The van der Waals surface area contributed by atoms with Gasteiger partial charge in [-0.1, -0.05) is 18.2 Å². The van der Waals surface area contributed by atoms with Gasteiger partial charge in [-0.3, -0.25) is 14.4 Å². The third-order valence-electron chi connectivity index (χ3n) is 7.02. The van der Waals surface area contributed by atoms with Crippen LogP contribution in [0, 0.1) is 0 Å². The van der Waals surface area contributed by atoms with E-state index in [0.717, 1.165) is 0 Å². The van der Waals surface area contributed by atoms with E-state index in [1.807, 2.05) is 0 Å². The van der Waals surface area contributed by atoms with Gasteiger partial charge in [0.15, 0.2) is 34.5 Å². The highest BCUT2D eigenvalue weighted by Crippen LogP contribution is 2.36. The van der Waals surface area contributed by atoms with Gasteiger partial charge in [0.05, 0.1) is 19.8 Å². The number of aromatic hydroxyl groups is 3. The number of esters is 3. The minimum atomic E-state index is -0.374. The predicted molar refractivity (Wildman–Crippen MR) is 179 cm³/mol. The van der Waals surface area contributed by atoms with Crippen LogP contribution in [0.3, 0.4) is 0 Å². The van der Waals surface area contributed by atoms with Crippen molar-refractivity contribution < 1.29 is 58.1 Å². The lowest BCUT2D eigenvalue weighted by Crippen LogP contribution is -2.05. The summed E-state index contributed by atoms with van der Waals surface area (Å²) < 4.78 is 32.1. The van der Waals surface area contributed by atoms with Gasteiger partial charge < -0.3 is 43.7 Å². The largest absolute Gasteiger partial charge is 0.504 e. The molecular formula is C36H39N3O12. The van der Waals surface area contributed by atoms with Gasteiger partial charge >= 0.3 is 35.9 Å². The fourth-order valence-electron chi connectivity index (χ4n) is 4.61. The number of phenolic OH excluding ortho intramolecular Hbond substituents is 3. The number of carbonyl (C=O) groups is 3. The molecule has 1 heterocycles. The second-order valence-electron chi connectivity index (χ2n) is 10.8.